The van der Waals surface area contributed by atoms with Crippen molar-refractivity contribution in [3.05, 3.63) is 53.2 Å². The van der Waals surface area contributed by atoms with E-state index in [1.807, 2.05) is 6.92 Å². The van der Waals surface area contributed by atoms with Gasteiger partial charge >= 0.3 is 5.97 Å². The van der Waals surface area contributed by atoms with Crippen molar-refractivity contribution in [3.8, 4) is 0 Å². The highest BCUT2D eigenvalue weighted by Crippen LogP contribution is 2.44. The predicted molar refractivity (Wildman–Crippen MR) is 121 cm³/mol. The lowest BCUT2D eigenvalue weighted by Gasteiger charge is -2.16. The number of hydrogen-bond donors (Lipinski definition) is 1. The zero-order valence-electron chi connectivity index (χ0n) is 17.3. The number of hydrogen-bond acceptors (Lipinski definition) is 6. The minimum atomic E-state index is -0.346. The number of carbonyl (C=O) groups is 1. The summed E-state index contributed by atoms with van der Waals surface area (Å²) in [5.41, 5.74) is 4.80. The van der Waals surface area contributed by atoms with E-state index in [1.165, 1.54) is 53.6 Å². The summed E-state index contributed by atoms with van der Waals surface area (Å²) < 4.78 is 4.86. The Morgan fingerprint density at radius 1 is 1.13 bits per heavy atom. The molecular weight excluding hydrogens is 394 g/mol. The Morgan fingerprint density at radius 3 is 2.70 bits per heavy atom. The Bertz CT molecular complexity index is 1130. The van der Waals surface area contributed by atoms with E-state index >= 15 is 0 Å². The SMILES string of the molecule is COC(=O)C(C)Sc1nc2c(c(Nc3ccc(C4CC4)c4ccccc34)n1)CCC2. The second-order valence-corrected chi connectivity index (χ2v) is 9.37. The number of rotatable bonds is 6. The third-order valence-electron chi connectivity index (χ3n) is 5.96. The number of nitrogens with zero attached hydrogens (tertiary/aromatic N) is 2. The zero-order chi connectivity index (χ0) is 20.7. The van der Waals surface area contributed by atoms with Gasteiger partial charge in [0.1, 0.15) is 11.1 Å². The first kappa shape index (κ1) is 19.4. The molecule has 1 saturated carbocycles. The van der Waals surface area contributed by atoms with Crippen molar-refractivity contribution in [2.75, 3.05) is 12.4 Å². The van der Waals surface area contributed by atoms with Crippen molar-refractivity contribution in [1.82, 2.24) is 9.97 Å². The number of fused-ring (bicyclic) bond motifs is 2. The molecule has 2 aromatic carbocycles. The van der Waals surface area contributed by atoms with Crippen LogP contribution in [0.15, 0.2) is 41.6 Å². The molecule has 0 saturated heterocycles. The molecule has 6 heteroatoms. The van der Waals surface area contributed by atoms with E-state index in [0.717, 1.165) is 36.5 Å². The average Bonchev–Trinajstić information content (AvgIpc) is 3.50. The molecule has 1 atom stereocenters. The predicted octanol–water partition coefficient (Wildman–Crippen LogP) is 5.39. The molecule has 30 heavy (non-hydrogen) atoms. The lowest BCUT2D eigenvalue weighted by Crippen LogP contribution is -2.15. The minimum Gasteiger partial charge on any atom is -0.468 e. The van der Waals surface area contributed by atoms with Crippen LogP contribution in [0.5, 0.6) is 0 Å². The summed E-state index contributed by atoms with van der Waals surface area (Å²) in [4.78, 5) is 21.4. The highest BCUT2D eigenvalue weighted by molar-refractivity contribution is 8.00. The number of ether oxygens (including phenoxy) is 1. The standard InChI is InChI=1S/C24H25N3O2S/c1-14(23(28)29-2)30-24-26-20-9-5-8-19(20)22(27-24)25-21-13-12-16(15-10-11-15)17-6-3-4-7-18(17)21/h3-4,6-7,12-15H,5,8-11H2,1-2H3,(H,25,26,27). The molecule has 2 aliphatic rings. The molecule has 1 N–H and O–H groups in total. The van der Waals surface area contributed by atoms with Crippen LogP contribution in [-0.2, 0) is 22.4 Å². The van der Waals surface area contributed by atoms with Crippen LogP contribution in [-0.4, -0.2) is 28.3 Å². The Labute approximate surface area is 180 Å². The first-order chi connectivity index (χ1) is 14.6. The number of nitrogens with one attached hydrogen (secondary N) is 1. The van der Waals surface area contributed by atoms with Gasteiger partial charge in [-0.25, -0.2) is 9.97 Å². The first-order valence-electron chi connectivity index (χ1n) is 10.6. The van der Waals surface area contributed by atoms with Gasteiger partial charge in [-0.3, -0.25) is 4.79 Å². The van der Waals surface area contributed by atoms with Crippen molar-refractivity contribution in [2.45, 2.75) is 55.4 Å². The normalized spacial score (nSPS) is 16.3. The Balaban J connectivity index is 1.52. The summed E-state index contributed by atoms with van der Waals surface area (Å²) >= 11 is 1.35. The molecule has 3 aromatic rings. The molecule has 5 nitrogen and oxygen atoms in total. The van der Waals surface area contributed by atoms with Gasteiger partial charge in [-0.15, -0.1) is 0 Å². The van der Waals surface area contributed by atoms with Gasteiger partial charge in [0.05, 0.1) is 12.8 Å². The second kappa shape index (κ2) is 7.91. The van der Waals surface area contributed by atoms with Gasteiger partial charge in [-0.2, -0.15) is 0 Å². The largest absolute Gasteiger partial charge is 0.468 e. The summed E-state index contributed by atoms with van der Waals surface area (Å²) in [7, 11) is 1.41. The molecule has 0 spiro atoms. The van der Waals surface area contributed by atoms with Crippen molar-refractivity contribution < 1.29 is 9.53 Å². The molecule has 0 amide bonds. The lowest BCUT2D eigenvalue weighted by molar-refractivity contribution is -0.139. The summed E-state index contributed by atoms with van der Waals surface area (Å²) in [6.07, 6.45) is 5.59. The maximum absolute atomic E-state index is 11.9. The van der Waals surface area contributed by atoms with Gasteiger partial charge in [0, 0.05) is 16.6 Å². The van der Waals surface area contributed by atoms with E-state index < -0.39 is 0 Å². The van der Waals surface area contributed by atoms with E-state index in [1.54, 1.807) is 0 Å². The highest BCUT2D eigenvalue weighted by atomic mass is 32.2. The smallest absolute Gasteiger partial charge is 0.318 e. The van der Waals surface area contributed by atoms with Crippen LogP contribution in [0.25, 0.3) is 10.8 Å². The van der Waals surface area contributed by atoms with Crippen LogP contribution in [0.4, 0.5) is 11.5 Å². The summed E-state index contributed by atoms with van der Waals surface area (Å²) in [5.74, 6) is 1.30. The average molecular weight is 420 g/mol. The van der Waals surface area contributed by atoms with Gasteiger partial charge in [0.25, 0.3) is 0 Å². The van der Waals surface area contributed by atoms with Crippen molar-refractivity contribution in [2.24, 2.45) is 0 Å². The molecular formula is C24H25N3O2S. The molecule has 2 aliphatic carbocycles. The molecule has 0 radical (unpaired) electrons. The van der Waals surface area contributed by atoms with Gasteiger partial charge in [-0.1, -0.05) is 42.1 Å². The number of aromatic nitrogens is 2. The van der Waals surface area contributed by atoms with E-state index in [2.05, 4.69) is 41.7 Å². The number of thioether (sulfide) groups is 1. The molecule has 154 valence electrons. The molecule has 0 aliphatic heterocycles. The van der Waals surface area contributed by atoms with Gasteiger partial charge in [-0.05, 0) is 62.0 Å². The minimum absolute atomic E-state index is 0.264. The molecule has 1 aromatic heterocycles. The number of methoxy groups -OCH3 is 1. The molecule has 0 bridgehead atoms. The van der Waals surface area contributed by atoms with Crippen LogP contribution >= 0.6 is 11.8 Å². The van der Waals surface area contributed by atoms with E-state index in [9.17, 15) is 4.79 Å². The summed E-state index contributed by atoms with van der Waals surface area (Å²) in [6, 6.07) is 13.1. The number of esters is 1. The second-order valence-electron chi connectivity index (χ2n) is 8.06. The number of carbonyl (C=O) groups excluding carboxylic acids is 1. The first-order valence-corrected chi connectivity index (χ1v) is 11.4. The monoisotopic (exact) mass is 419 g/mol. The molecule has 5 rings (SSSR count). The van der Waals surface area contributed by atoms with Gasteiger partial charge in [0.15, 0.2) is 5.16 Å². The third-order valence-corrected chi connectivity index (χ3v) is 6.90. The third kappa shape index (κ3) is 3.65. The number of benzene rings is 2. The fraction of sp³-hybridized carbons (Fsp3) is 0.375. The van der Waals surface area contributed by atoms with E-state index in [0.29, 0.717) is 11.1 Å². The van der Waals surface area contributed by atoms with Gasteiger partial charge in [0.2, 0.25) is 0 Å². The van der Waals surface area contributed by atoms with Crippen molar-refractivity contribution in [3.63, 3.8) is 0 Å². The fourth-order valence-electron chi connectivity index (χ4n) is 4.25. The van der Waals surface area contributed by atoms with Crippen LogP contribution in [0.1, 0.15) is 48.9 Å². The quantitative estimate of drug-likeness (QED) is 0.328. The maximum Gasteiger partial charge on any atom is 0.318 e. The topological polar surface area (TPSA) is 64.1 Å². The highest BCUT2D eigenvalue weighted by Gasteiger charge is 2.26. The molecule has 1 unspecified atom stereocenters. The summed E-state index contributed by atoms with van der Waals surface area (Å²) in [6.45, 7) is 1.82. The lowest BCUT2D eigenvalue weighted by atomic mass is 9.99. The number of aryl methyl sites for hydroxylation is 1. The zero-order valence-corrected chi connectivity index (χ0v) is 18.1. The fourth-order valence-corrected chi connectivity index (χ4v) is 5.06. The van der Waals surface area contributed by atoms with Crippen molar-refractivity contribution in [1.29, 1.82) is 0 Å². The summed E-state index contributed by atoms with van der Waals surface area (Å²) in [5, 5.41) is 6.43. The molecule has 1 fully saturated rings. The van der Waals surface area contributed by atoms with E-state index in [-0.39, 0.29) is 11.2 Å². The van der Waals surface area contributed by atoms with Crippen LogP contribution in [0.3, 0.4) is 0 Å². The van der Waals surface area contributed by atoms with Crippen LogP contribution < -0.4 is 5.32 Å². The van der Waals surface area contributed by atoms with Gasteiger partial charge < -0.3 is 10.1 Å². The van der Waals surface area contributed by atoms with Crippen molar-refractivity contribution >= 4 is 40.0 Å². The Kier molecular flexibility index (Phi) is 5.11. The van der Waals surface area contributed by atoms with Crippen LogP contribution in [0.2, 0.25) is 0 Å². The van der Waals surface area contributed by atoms with Crippen LogP contribution in [0, 0.1) is 0 Å². The Hall–Kier alpha value is -2.60. The maximum atomic E-state index is 11.9. The number of anilines is 2. The van der Waals surface area contributed by atoms with E-state index in [4.69, 9.17) is 14.7 Å². The molecule has 1 heterocycles. The Morgan fingerprint density at radius 2 is 1.93 bits per heavy atom.